The molecule has 0 radical (unpaired) electrons. The first-order valence-electron chi connectivity index (χ1n) is 9.80. The first-order chi connectivity index (χ1) is 14.7. The minimum Gasteiger partial charge on any atom is -0.356 e. The Morgan fingerprint density at radius 3 is 2.57 bits per heavy atom. The molecule has 0 saturated heterocycles. The molecule has 5 nitrogen and oxygen atoms in total. The zero-order chi connectivity index (χ0) is 20.8. The number of benzene rings is 1. The van der Waals surface area contributed by atoms with E-state index in [2.05, 4.69) is 56.8 Å². The largest absolute Gasteiger partial charge is 0.356 e. The lowest BCUT2D eigenvalue weighted by Crippen LogP contribution is -2.26. The molecule has 0 unspecified atom stereocenters. The SMILES string of the molecule is Cc1ccc(-c2nc(CC(=O)NCCCc3nc(-c4ccncc4)cs3)cs2)cc1. The van der Waals surface area contributed by atoms with E-state index >= 15 is 0 Å². The normalized spacial score (nSPS) is 10.8. The Morgan fingerprint density at radius 2 is 1.77 bits per heavy atom. The fourth-order valence-corrected chi connectivity index (χ4v) is 4.67. The van der Waals surface area contributed by atoms with Gasteiger partial charge in [-0.1, -0.05) is 29.8 Å². The van der Waals surface area contributed by atoms with Crippen molar-refractivity contribution in [1.82, 2.24) is 20.3 Å². The van der Waals surface area contributed by atoms with Gasteiger partial charge in [0.1, 0.15) is 5.01 Å². The highest BCUT2D eigenvalue weighted by molar-refractivity contribution is 7.13. The molecule has 0 bridgehead atoms. The lowest BCUT2D eigenvalue weighted by molar-refractivity contribution is -0.120. The van der Waals surface area contributed by atoms with Gasteiger partial charge in [-0.2, -0.15) is 0 Å². The molecule has 3 heterocycles. The smallest absolute Gasteiger partial charge is 0.226 e. The number of aromatic nitrogens is 3. The van der Waals surface area contributed by atoms with Crippen LogP contribution in [-0.2, 0) is 17.6 Å². The average Bonchev–Trinajstić information content (AvgIpc) is 3.42. The van der Waals surface area contributed by atoms with E-state index in [1.54, 1.807) is 35.1 Å². The summed E-state index contributed by atoms with van der Waals surface area (Å²) in [7, 11) is 0. The summed E-state index contributed by atoms with van der Waals surface area (Å²) in [6.45, 7) is 2.70. The van der Waals surface area contributed by atoms with Crippen LogP contribution in [0.2, 0.25) is 0 Å². The van der Waals surface area contributed by atoms with Gasteiger partial charge in [-0.05, 0) is 25.5 Å². The summed E-state index contributed by atoms with van der Waals surface area (Å²) in [4.78, 5) is 25.5. The van der Waals surface area contributed by atoms with Crippen LogP contribution in [0, 0.1) is 6.92 Å². The van der Waals surface area contributed by atoms with Crippen molar-refractivity contribution >= 4 is 28.6 Å². The summed E-state index contributed by atoms with van der Waals surface area (Å²) in [6, 6.07) is 12.2. The Kier molecular flexibility index (Phi) is 6.61. The lowest BCUT2D eigenvalue weighted by atomic mass is 10.2. The molecule has 1 N–H and O–H groups in total. The molecule has 0 aliphatic heterocycles. The molecule has 3 aromatic heterocycles. The van der Waals surface area contributed by atoms with Crippen molar-refractivity contribution in [2.75, 3.05) is 6.54 Å². The van der Waals surface area contributed by atoms with Crippen LogP contribution < -0.4 is 5.32 Å². The number of carbonyl (C=O) groups excluding carboxylic acids is 1. The number of nitrogens with one attached hydrogen (secondary N) is 1. The van der Waals surface area contributed by atoms with Crippen molar-refractivity contribution < 1.29 is 4.79 Å². The molecule has 0 fully saturated rings. The number of rotatable bonds is 8. The Hall–Kier alpha value is -2.90. The van der Waals surface area contributed by atoms with Crippen LogP contribution in [0.15, 0.2) is 59.6 Å². The zero-order valence-corrected chi connectivity index (χ0v) is 18.3. The Morgan fingerprint density at radius 1 is 0.967 bits per heavy atom. The maximum atomic E-state index is 12.2. The minimum absolute atomic E-state index is 0.00682. The monoisotopic (exact) mass is 434 g/mol. The number of amides is 1. The molecule has 7 heteroatoms. The van der Waals surface area contributed by atoms with Gasteiger partial charge in [0.2, 0.25) is 5.91 Å². The van der Waals surface area contributed by atoms with E-state index < -0.39 is 0 Å². The zero-order valence-electron chi connectivity index (χ0n) is 16.7. The van der Waals surface area contributed by atoms with Gasteiger partial charge >= 0.3 is 0 Å². The quantitative estimate of drug-likeness (QED) is 0.399. The van der Waals surface area contributed by atoms with E-state index in [1.165, 1.54) is 5.56 Å². The third kappa shape index (κ3) is 5.37. The van der Waals surface area contributed by atoms with Gasteiger partial charge in [0.05, 0.1) is 22.8 Å². The van der Waals surface area contributed by atoms with Crippen LogP contribution >= 0.6 is 22.7 Å². The molecule has 1 aromatic carbocycles. The first-order valence-corrected chi connectivity index (χ1v) is 11.6. The van der Waals surface area contributed by atoms with Crippen LogP contribution in [0.3, 0.4) is 0 Å². The predicted molar refractivity (Wildman–Crippen MR) is 123 cm³/mol. The fraction of sp³-hybridized carbons (Fsp3) is 0.217. The molecular weight excluding hydrogens is 412 g/mol. The number of hydrogen-bond donors (Lipinski definition) is 1. The van der Waals surface area contributed by atoms with E-state index in [-0.39, 0.29) is 5.91 Å². The highest BCUT2D eigenvalue weighted by Crippen LogP contribution is 2.24. The maximum Gasteiger partial charge on any atom is 0.226 e. The van der Waals surface area contributed by atoms with Gasteiger partial charge in [0, 0.05) is 47.2 Å². The van der Waals surface area contributed by atoms with Gasteiger partial charge in [-0.25, -0.2) is 9.97 Å². The van der Waals surface area contributed by atoms with Crippen molar-refractivity contribution in [3.05, 3.63) is 75.8 Å². The summed E-state index contributed by atoms with van der Waals surface area (Å²) in [5.41, 5.74) is 5.19. The van der Waals surface area contributed by atoms with Gasteiger partial charge in [0.15, 0.2) is 0 Å². The number of thiazole rings is 2. The van der Waals surface area contributed by atoms with Crippen LogP contribution in [0.4, 0.5) is 0 Å². The highest BCUT2D eigenvalue weighted by atomic mass is 32.1. The van der Waals surface area contributed by atoms with E-state index in [9.17, 15) is 4.79 Å². The number of nitrogens with zero attached hydrogens (tertiary/aromatic N) is 3. The molecule has 152 valence electrons. The summed E-state index contributed by atoms with van der Waals surface area (Å²) < 4.78 is 0. The van der Waals surface area contributed by atoms with Crippen LogP contribution in [0.25, 0.3) is 21.8 Å². The molecule has 0 aliphatic rings. The van der Waals surface area contributed by atoms with Crippen molar-refractivity contribution in [3.63, 3.8) is 0 Å². The number of pyridine rings is 1. The molecule has 0 atom stereocenters. The first kappa shape index (κ1) is 20.4. The van der Waals surface area contributed by atoms with Crippen molar-refractivity contribution in [2.24, 2.45) is 0 Å². The summed E-state index contributed by atoms with van der Waals surface area (Å²) >= 11 is 3.23. The van der Waals surface area contributed by atoms with Crippen LogP contribution in [-0.4, -0.2) is 27.4 Å². The number of carbonyl (C=O) groups is 1. The van der Waals surface area contributed by atoms with Crippen molar-refractivity contribution in [1.29, 1.82) is 0 Å². The molecule has 4 aromatic rings. The second-order valence-electron chi connectivity index (χ2n) is 7.00. The van der Waals surface area contributed by atoms with Crippen molar-refractivity contribution in [2.45, 2.75) is 26.2 Å². The van der Waals surface area contributed by atoms with Crippen LogP contribution in [0.5, 0.6) is 0 Å². The van der Waals surface area contributed by atoms with Crippen molar-refractivity contribution in [3.8, 4) is 21.8 Å². The van der Waals surface area contributed by atoms with E-state index in [1.807, 2.05) is 17.5 Å². The molecule has 30 heavy (non-hydrogen) atoms. The second kappa shape index (κ2) is 9.73. The summed E-state index contributed by atoms with van der Waals surface area (Å²) in [6.07, 6.45) is 5.57. The molecular formula is C23H22N4OS2. The predicted octanol–water partition coefficient (Wildman–Crippen LogP) is 4.93. The molecule has 0 saturated carbocycles. The van der Waals surface area contributed by atoms with Crippen LogP contribution in [0.1, 0.15) is 22.7 Å². The third-order valence-electron chi connectivity index (χ3n) is 4.61. The molecule has 0 aliphatic carbocycles. The van der Waals surface area contributed by atoms with Gasteiger partial charge in [-0.3, -0.25) is 9.78 Å². The Balaban J connectivity index is 1.21. The van der Waals surface area contributed by atoms with Gasteiger partial charge < -0.3 is 5.32 Å². The second-order valence-corrected chi connectivity index (χ2v) is 8.80. The summed E-state index contributed by atoms with van der Waals surface area (Å²) in [5, 5.41) is 9.05. The Bertz CT molecular complexity index is 1100. The fourth-order valence-electron chi connectivity index (χ4n) is 2.99. The molecule has 1 amide bonds. The third-order valence-corrected chi connectivity index (χ3v) is 6.46. The van der Waals surface area contributed by atoms with Gasteiger partial charge in [0.25, 0.3) is 0 Å². The Labute approximate surface area is 183 Å². The van der Waals surface area contributed by atoms with E-state index in [0.29, 0.717) is 13.0 Å². The topological polar surface area (TPSA) is 67.8 Å². The van der Waals surface area contributed by atoms with Gasteiger partial charge in [-0.15, -0.1) is 22.7 Å². The summed E-state index contributed by atoms with van der Waals surface area (Å²) in [5.74, 6) is 0.00682. The average molecular weight is 435 g/mol. The lowest BCUT2D eigenvalue weighted by Gasteiger charge is -2.03. The van der Waals surface area contributed by atoms with E-state index in [0.717, 1.165) is 45.4 Å². The number of hydrogen-bond acceptors (Lipinski definition) is 6. The number of aryl methyl sites for hydroxylation is 2. The minimum atomic E-state index is 0.00682. The standard InChI is InChI=1S/C23H22N4OS2/c1-16-4-6-18(7-5-16)23-26-19(14-30-23)13-21(28)25-10-2-3-22-27-20(15-29-22)17-8-11-24-12-9-17/h4-9,11-12,14-15H,2-3,10,13H2,1H3,(H,25,28). The molecule has 4 rings (SSSR count). The maximum absolute atomic E-state index is 12.2. The highest BCUT2D eigenvalue weighted by Gasteiger charge is 2.09. The van der Waals surface area contributed by atoms with E-state index in [4.69, 9.17) is 0 Å². The molecule has 0 spiro atoms.